The fraction of sp³-hybridized carbons (Fsp3) is 0.312. The van der Waals surface area contributed by atoms with Crippen LogP contribution in [0, 0.1) is 5.41 Å². The lowest BCUT2D eigenvalue weighted by Crippen LogP contribution is -2.27. The van der Waals surface area contributed by atoms with Gasteiger partial charge in [-0.25, -0.2) is 0 Å². The molecule has 0 aliphatic heterocycles. The molecule has 2 N–H and O–H groups in total. The van der Waals surface area contributed by atoms with Crippen LogP contribution in [-0.2, 0) is 0 Å². The van der Waals surface area contributed by atoms with Crippen LogP contribution in [0.15, 0.2) is 42.5 Å². The average molecular weight is 241 g/mol. The quantitative estimate of drug-likeness (QED) is 0.834. The van der Waals surface area contributed by atoms with Gasteiger partial charge in [-0.05, 0) is 29.8 Å². The second-order valence-corrected chi connectivity index (χ2v) is 5.31. The molecule has 2 rings (SSSR count). The Balaban J connectivity index is 2.39. The predicted molar refractivity (Wildman–Crippen MR) is 75.7 cm³/mol. The highest BCUT2D eigenvalue weighted by atomic mass is 16.1. The average Bonchev–Trinajstić information content (AvgIpc) is 2.37. The van der Waals surface area contributed by atoms with Gasteiger partial charge in [-0.1, -0.05) is 50.2 Å². The van der Waals surface area contributed by atoms with Gasteiger partial charge in [-0.3, -0.25) is 4.79 Å². The summed E-state index contributed by atoms with van der Waals surface area (Å²) in [5.41, 5.74) is 5.95. The third-order valence-electron chi connectivity index (χ3n) is 3.40. The second kappa shape index (κ2) is 4.91. The Hall–Kier alpha value is -1.67. The molecule has 2 heteroatoms. The first-order valence-electron chi connectivity index (χ1n) is 6.28. The van der Waals surface area contributed by atoms with E-state index in [0.717, 1.165) is 16.3 Å². The molecular formula is C16H19NO. The Kier molecular flexibility index (Phi) is 3.48. The SMILES string of the molecule is CC(C)(CCN)C(=O)c1ccc2ccccc2c1. The molecule has 0 aliphatic rings. The van der Waals surface area contributed by atoms with Gasteiger partial charge in [0.2, 0.25) is 0 Å². The van der Waals surface area contributed by atoms with Crippen LogP contribution in [0.5, 0.6) is 0 Å². The molecule has 2 aromatic rings. The van der Waals surface area contributed by atoms with E-state index in [-0.39, 0.29) is 5.78 Å². The zero-order chi connectivity index (χ0) is 13.2. The second-order valence-electron chi connectivity index (χ2n) is 5.31. The summed E-state index contributed by atoms with van der Waals surface area (Å²) in [6.45, 7) is 4.45. The van der Waals surface area contributed by atoms with Gasteiger partial charge >= 0.3 is 0 Å². The van der Waals surface area contributed by atoms with Crippen molar-refractivity contribution in [3.8, 4) is 0 Å². The Morgan fingerprint density at radius 3 is 2.44 bits per heavy atom. The third kappa shape index (κ3) is 2.44. The number of carbonyl (C=O) groups is 1. The van der Waals surface area contributed by atoms with E-state index in [1.807, 2.05) is 50.2 Å². The summed E-state index contributed by atoms with van der Waals surface area (Å²) >= 11 is 0. The van der Waals surface area contributed by atoms with Crippen LogP contribution in [0.4, 0.5) is 0 Å². The van der Waals surface area contributed by atoms with Crippen molar-refractivity contribution in [3.05, 3.63) is 48.0 Å². The molecule has 0 radical (unpaired) electrons. The Morgan fingerprint density at radius 2 is 1.78 bits per heavy atom. The minimum Gasteiger partial charge on any atom is -0.330 e. The summed E-state index contributed by atoms with van der Waals surface area (Å²) in [6.07, 6.45) is 0.707. The van der Waals surface area contributed by atoms with E-state index in [1.165, 1.54) is 0 Å². The van der Waals surface area contributed by atoms with Crippen molar-refractivity contribution in [2.45, 2.75) is 20.3 Å². The summed E-state index contributed by atoms with van der Waals surface area (Å²) in [4.78, 5) is 12.4. The van der Waals surface area contributed by atoms with Crippen molar-refractivity contribution in [2.24, 2.45) is 11.1 Å². The Morgan fingerprint density at radius 1 is 1.11 bits per heavy atom. The molecule has 0 unspecified atom stereocenters. The molecule has 2 nitrogen and oxygen atoms in total. The molecular weight excluding hydrogens is 222 g/mol. The molecule has 2 aromatic carbocycles. The molecule has 18 heavy (non-hydrogen) atoms. The summed E-state index contributed by atoms with van der Waals surface area (Å²) < 4.78 is 0. The van der Waals surface area contributed by atoms with E-state index in [2.05, 4.69) is 6.07 Å². The van der Waals surface area contributed by atoms with Crippen molar-refractivity contribution in [1.29, 1.82) is 0 Å². The van der Waals surface area contributed by atoms with E-state index in [1.54, 1.807) is 0 Å². The fourth-order valence-electron chi connectivity index (χ4n) is 2.20. The van der Waals surface area contributed by atoms with E-state index in [0.29, 0.717) is 13.0 Å². The molecule has 0 saturated carbocycles. The van der Waals surface area contributed by atoms with Crippen molar-refractivity contribution in [1.82, 2.24) is 0 Å². The highest BCUT2D eigenvalue weighted by Gasteiger charge is 2.27. The van der Waals surface area contributed by atoms with Crippen molar-refractivity contribution >= 4 is 16.6 Å². The molecule has 0 heterocycles. The van der Waals surface area contributed by atoms with Gasteiger partial charge < -0.3 is 5.73 Å². The molecule has 0 aromatic heterocycles. The van der Waals surface area contributed by atoms with Crippen molar-refractivity contribution < 1.29 is 4.79 Å². The smallest absolute Gasteiger partial charge is 0.168 e. The number of nitrogens with two attached hydrogens (primary N) is 1. The maximum atomic E-state index is 12.4. The van der Waals surface area contributed by atoms with Gasteiger partial charge in [0, 0.05) is 11.0 Å². The molecule has 0 saturated heterocycles. The van der Waals surface area contributed by atoms with Crippen LogP contribution in [0.1, 0.15) is 30.6 Å². The minimum absolute atomic E-state index is 0.165. The van der Waals surface area contributed by atoms with E-state index in [9.17, 15) is 4.79 Å². The fourth-order valence-corrected chi connectivity index (χ4v) is 2.20. The summed E-state index contributed by atoms with van der Waals surface area (Å²) in [7, 11) is 0. The van der Waals surface area contributed by atoms with E-state index < -0.39 is 5.41 Å². The monoisotopic (exact) mass is 241 g/mol. The summed E-state index contributed by atoms with van der Waals surface area (Å²) in [6, 6.07) is 13.9. The number of Topliss-reactive ketones (excluding diaryl/α,β-unsaturated/α-hetero) is 1. The number of benzene rings is 2. The zero-order valence-corrected chi connectivity index (χ0v) is 10.9. The van der Waals surface area contributed by atoms with Gasteiger partial charge in [0.05, 0.1) is 0 Å². The van der Waals surface area contributed by atoms with Crippen LogP contribution in [0.3, 0.4) is 0 Å². The van der Waals surface area contributed by atoms with Crippen molar-refractivity contribution in [2.75, 3.05) is 6.54 Å². The highest BCUT2D eigenvalue weighted by molar-refractivity contribution is 6.03. The maximum Gasteiger partial charge on any atom is 0.168 e. The molecule has 0 bridgehead atoms. The standard InChI is InChI=1S/C16H19NO/c1-16(2,9-10-17)15(18)14-8-7-12-5-3-4-6-13(12)11-14/h3-8,11H,9-10,17H2,1-2H3. The molecule has 94 valence electrons. The summed E-state index contributed by atoms with van der Waals surface area (Å²) in [5, 5.41) is 2.26. The van der Waals surface area contributed by atoms with Crippen LogP contribution < -0.4 is 5.73 Å². The third-order valence-corrected chi connectivity index (χ3v) is 3.40. The van der Waals surface area contributed by atoms with Gasteiger partial charge in [0.15, 0.2) is 5.78 Å². The maximum absolute atomic E-state index is 12.4. The minimum atomic E-state index is -0.392. The van der Waals surface area contributed by atoms with Gasteiger partial charge in [0.1, 0.15) is 0 Å². The van der Waals surface area contributed by atoms with E-state index in [4.69, 9.17) is 5.73 Å². The van der Waals surface area contributed by atoms with Crippen LogP contribution >= 0.6 is 0 Å². The highest BCUT2D eigenvalue weighted by Crippen LogP contribution is 2.27. The molecule has 0 spiro atoms. The first-order chi connectivity index (χ1) is 8.54. The predicted octanol–water partition coefficient (Wildman–Crippen LogP) is 3.40. The molecule has 0 fully saturated rings. The lowest BCUT2D eigenvalue weighted by Gasteiger charge is -2.22. The number of ketones is 1. The topological polar surface area (TPSA) is 43.1 Å². The van der Waals surface area contributed by atoms with Crippen LogP contribution in [-0.4, -0.2) is 12.3 Å². The largest absolute Gasteiger partial charge is 0.330 e. The number of rotatable bonds is 4. The first kappa shape index (κ1) is 12.8. The van der Waals surface area contributed by atoms with Gasteiger partial charge in [0.25, 0.3) is 0 Å². The Labute approximate surface area is 108 Å². The lowest BCUT2D eigenvalue weighted by molar-refractivity contribution is 0.0829. The molecule has 0 atom stereocenters. The first-order valence-corrected chi connectivity index (χ1v) is 6.28. The van der Waals surface area contributed by atoms with E-state index >= 15 is 0 Å². The molecule has 0 amide bonds. The van der Waals surface area contributed by atoms with Crippen LogP contribution in [0.25, 0.3) is 10.8 Å². The zero-order valence-electron chi connectivity index (χ0n) is 10.9. The number of fused-ring (bicyclic) bond motifs is 1. The molecule has 0 aliphatic carbocycles. The number of hydrogen-bond donors (Lipinski definition) is 1. The summed E-state index contributed by atoms with van der Waals surface area (Å²) in [5.74, 6) is 0.165. The van der Waals surface area contributed by atoms with Crippen molar-refractivity contribution in [3.63, 3.8) is 0 Å². The lowest BCUT2D eigenvalue weighted by atomic mass is 9.81. The van der Waals surface area contributed by atoms with Crippen LogP contribution in [0.2, 0.25) is 0 Å². The normalized spacial score (nSPS) is 11.7. The number of carbonyl (C=O) groups excluding carboxylic acids is 1. The van der Waals surface area contributed by atoms with Gasteiger partial charge in [-0.2, -0.15) is 0 Å². The Bertz CT molecular complexity index is 572. The number of hydrogen-bond acceptors (Lipinski definition) is 2. The van der Waals surface area contributed by atoms with Gasteiger partial charge in [-0.15, -0.1) is 0 Å².